The van der Waals surface area contributed by atoms with E-state index in [4.69, 9.17) is 0 Å². The Hall–Kier alpha value is -1.93. The Morgan fingerprint density at radius 1 is 0.926 bits per heavy atom. The molecule has 8 heteroatoms. The van der Waals surface area contributed by atoms with Gasteiger partial charge in [-0.15, -0.1) is 0 Å². The Morgan fingerprint density at radius 3 is 2.04 bits per heavy atom. The summed E-state index contributed by atoms with van der Waals surface area (Å²) in [6, 6.07) is 7.54. The van der Waals surface area contributed by atoms with Gasteiger partial charge in [0.2, 0.25) is 15.9 Å². The minimum atomic E-state index is -3.18. The van der Waals surface area contributed by atoms with Gasteiger partial charge in [0.05, 0.1) is 6.26 Å². The minimum Gasteiger partial charge on any atom is -0.339 e. The summed E-state index contributed by atoms with van der Waals surface area (Å²) >= 11 is 0. The van der Waals surface area contributed by atoms with Crippen LogP contribution >= 0.6 is 0 Å². The smallest absolute Gasteiger partial charge is 0.254 e. The molecule has 1 aromatic rings. The second-order valence-corrected chi connectivity index (χ2v) is 9.35. The van der Waals surface area contributed by atoms with Crippen molar-refractivity contribution in [2.45, 2.75) is 19.8 Å². The highest BCUT2D eigenvalue weighted by Gasteiger charge is 2.33. The Labute approximate surface area is 161 Å². The first-order chi connectivity index (χ1) is 12.8. The van der Waals surface area contributed by atoms with Gasteiger partial charge in [-0.05, 0) is 31.4 Å². The van der Waals surface area contributed by atoms with Crippen LogP contribution < -0.4 is 0 Å². The third-order valence-corrected chi connectivity index (χ3v) is 6.83. The van der Waals surface area contributed by atoms with Gasteiger partial charge in [0.25, 0.3) is 5.91 Å². The highest BCUT2D eigenvalue weighted by molar-refractivity contribution is 7.88. The molecule has 2 heterocycles. The van der Waals surface area contributed by atoms with Crippen LogP contribution in [0.4, 0.5) is 0 Å². The molecular weight excluding hydrogens is 366 g/mol. The van der Waals surface area contributed by atoms with Crippen LogP contribution in [0.1, 0.15) is 28.8 Å². The highest BCUT2D eigenvalue weighted by Crippen LogP contribution is 2.22. The first-order valence-corrected chi connectivity index (χ1v) is 11.2. The number of aryl methyl sites for hydroxylation is 1. The van der Waals surface area contributed by atoms with E-state index in [2.05, 4.69) is 0 Å². The fraction of sp³-hybridized carbons (Fsp3) is 0.579. The van der Waals surface area contributed by atoms with Crippen LogP contribution in [-0.2, 0) is 14.8 Å². The molecule has 0 saturated carbocycles. The van der Waals surface area contributed by atoms with Gasteiger partial charge >= 0.3 is 0 Å². The number of hydrogen-bond donors (Lipinski definition) is 0. The molecule has 0 radical (unpaired) electrons. The van der Waals surface area contributed by atoms with E-state index >= 15 is 0 Å². The molecule has 0 aromatic heterocycles. The largest absolute Gasteiger partial charge is 0.339 e. The third-order valence-electron chi connectivity index (χ3n) is 5.53. The fourth-order valence-electron chi connectivity index (χ4n) is 3.81. The lowest BCUT2D eigenvalue weighted by Crippen LogP contribution is -2.53. The Balaban J connectivity index is 1.53. The molecule has 2 fully saturated rings. The zero-order valence-corrected chi connectivity index (χ0v) is 16.7. The summed E-state index contributed by atoms with van der Waals surface area (Å²) in [5.41, 5.74) is 1.67. The summed E-state index contributed by atoms with van der Waals surface area (Å²) in [6.07, 6.45) is 2.34. The van der Waals surface area contributed by atoms with Crippen molar-refractivity contribution in [3.8, 4) is 0 Å². The van der Waals surface area contributed by atoms with Crippen LogP contribution in [-0.4, -0.2) is 79.9 Å². The van der Waals surface area contributed by atoms with Crippen LogP contribution in [0.3, 0.4) is 0 Å². The van der Waals surface area contributed by atoms with Crippen molar-refractivity contribution < 1.29 is 18.0 Å². The molecule has 2 aliphatic heterocycles. The van der Waals surface area contributed by atoms with Gasteiger partial charge in [-0.3, -0.25) is 9.59 Å². The summed E-state index contributed by atoms with van der Waals surface area (Å²) in [7, 11) is -3.18. The topological polar surface area (TPSA) is 78.0 Å². The number of piperidine rings is 1. The molecule has 27 heavy (non-hydrogen) atoms. The quantitative estimate of drug-likeness (QED) is 0.766. The van der Waals surface area contributed by atoms with E-state index in [-0.39, 0.29) is 17.7 Å². The number of nitrogens with zero attached hydrogens (tertiary/aromatic N) is 3. The third kappa shape index (κ3) is 4.50. The van der Waals surface area contributed by atoms with Gasteiger partial charge < -0.3 is 9.80 Å². The molecule has 0 N–H and O–H groups in total. The summed E-state index contributed by atoms with van der Waals surface area (Å²) in [5, 5.41) is 0. The molecule has 0 unspecified atom stereocenters. The molecule has 0 bridgehead atoms. The molecule has 2 aliphatic rings. The van der Waals surface area contributed by atoms with E-state index in [0.717, 1.165) is 5.56 Å². The van der Waals surface area contributed by atoms with Crippen molar-refractivity contribution in [1.82, 2.24) is 14.1 Å². The molecule has 148 valence electrons. The van der Waals surface area contributed by atoms with Crippen molar-refractivity contribution in [3.05, 3.63) is 35.4 Å². The van der Waals surface area contributed by atoms with Gasteiger partial charge in [-0.1, -0.05) is 18.2 Å². The lowest BCUT2D eigenvalue weighted by atomic mass is 9.96. The van der Waals surface area contributed by atoms with E-state index in [1.54, 1.807) is 4.90 Å². The predicted octanol–water partition coefficient (Wildman–Crippen LogP) is 0.951. The maximum Gasteiger partial charge on any atom is 0.254 e. The molecule has 0 atom stereocenters. The number of rotatable bonds is 3. The van der Waals surface area contributed by atoms with Gasteiger partial charge in [-0.2, -0.15) is 0 Å². The van der Waals surface area contributed by atoms with Crippen LogP contribution in [0.15, 0.2) is 24.3 Å². The van der Waals surface area contributed by atoms with E-state index in [1.807, 2.05) is 36.1 Å². The summed E-state index contributed by atoms with van der Waals surface area (Å²) in [6.45, 7) is 4.85. The maximum absolute atomic E-state index is 12.8. The average molecular weight is 394 g/mol. The zero-order valence-electron chi connectivity index (χ0n) is 15.9. The summed E-state index contributed by atoms with van der Waals surface area (Å²) in [4.78, 5) is 29.1. The molecule has 2 saturated heterocycles. The Morgan fingerprint density at radius 2 is 1.48 bits per heavy atom. The maximum atomic E-state index is 12.8. The number of benzene rings is 1. The van der Waals surface area contributed by atoms with Crippen molar-refractivity contribution >= 4 is 21.8 Å². The first kappa shape index (κ1) is 19.8. The van der Waals surface area contributed by atoms with E-state index < -0.39 is 10.0 Å². The van der Waals surface area contributed by atoms with Crippen LogP contribution in [0, 0.1) is 12.8 Å². The van der Waals surface area contributed by atoms with E-state index in [9.17, 15) is 18.0 Å². The number of amides is 2. The number of sulfonamides is 1. The molecule has 2 amide bonds. The Kier molecular flexibility index (Phi) is 5.86. The SMILES string of the molecule is Cc1ccccc1C(=O)N1CCN(C(=O)C2CCN(S(C)(=O)=O)CC2)CC1. The highest BCUT2D eigenvalue weighted by atomic mass is 32.2. The normalized spacial score (nSPS) is 19.9. The number of hydrogen-bond acceptors (Lipinski definition) is 4. The van der Waals surface area contributed by atoms with Crippen molar-refractivity contribution in [2.24, 2.45) is 5.92 Å². The van der Waals surface area contributed by atoms with Gasteiger partial charge in [0.1, 0.15) is 0 Å². The standard InChI is InChI=1S/C19H27N3O4S/c1-15-5-3-4-6-17(15)19(24)21-13-11-20(12-14-21)18(23)16-7-9-22(10-8-16)27(2,25)26/h3-6,16H,7-14H2,1-2H3. The lowest BCUT2D eigenvalue weighted by Gasteiger charge is -2.38. The monoisotopic (exact) mass is 393 g/mol. The Bertz CT molecular complexity index is 808. The second-order valence-electron chi connectivity index (χ2n) is 7.37. The average Bonchev–Trinajstić information content (AvgIpc) is 2.67. The van der Waals surface area contributed by atoms with Crippen LogP contribution in [0.5, 0.6) is 0 Å². The van der Waals surface area contributed by atoms with Crippen LogP contribution in [0.25, 0.3) is 0 Å². The van der Waals surface area contributed by atoms with Crippen molar-refractivity contribution in [2.75, 3.05) is 45.5 Å². The second kappa shape index (κ2) is 7.98. The fourth-order valence-corrected chi connectivity index (χ4v) is 4.68. The molecule has 1 aromatic carbocycles. The van der Waals surface area contributed by atoms with Gasteiger partial charge in [0.15, 0.2) is 0 Å². The van der Waals surface area contributed by atoms with Gasteiger partial charge in [-0.25, -0.2) is 12.7 Å². The first-order valence-electron chi connectivity index (χ1n) is 9.36. The molecule has 0 aliphatic carbocycles. The number of carbonyl (C=O) groups is 2. The van der Waals surface area contributed by atoms with E-state index in [0.29, 0.717) is 57.7 Å². The predicted molar refractivity (Wildman–Crippen MR) is 103 cm³/mol. The van der Waals surface area contributed by atoms with Crippen molar-refractivity contribution in [1.29, 1.82) is 0 Å². The lowest BCUT2D eigenvalue weighted by molar-refractivity contribution is -0.138. The van der Waals surface area contributed by atoms with Crippen LogP contribution in [0.2, 0.25) is 0 Å². The van der Waals surface area contributed by atoms with E-state index in [1.165, 1.54) is 10.6 Å². The molecule has 3 rings (SSSR count). The summed E-state index contributed by atoms with van der Waals surface area (Å²) in [5.74, 6) is -0.0191. The molecule has 7 nitrogen and oxygen atoms in total. The molecular formula is C19H27N3O4S. The number of carbonyl (C=O) groups excluding carboxylic acids is 2. The number of piperazine rings is 1. The molecule has 0 spiro atoms. The van der Waals surface area contributed by atoms with Crippen molar-refractivity contribution in [3.63, 3.8) is 0 Å². The zero-order chi connectivity index (χ0) is 19.6. The minimum absolute atomic E-state index is 0.0154. The van der Waals surface area contributed by atoms with Gasteiger partial charge in [0, 0.05) is 50.7 Å². The summed E-state index contributed by atoms with van der Waals surface area (Å²) < 4.78 is 24.6.